The highest BCUT2D eigenvalue weighted by Crippen LogP contribution is 2.47. The van der Waals surface area contributed by atoms with Crippen LogP contribution in [0.25, 0.3) is 11.1 Å². The van der Waals surface area contributed by atoms with Crippen molar-refractivity contribution in [3.8, 4) is 16.9 Å². The van der Waals surface area contributed by atoms with E-state index in [1.165, 1.54) is 12.1 Å². The lowest BCUT2D eigenvalue weighted by Crippen LogP contribution is -2.33. The van der Waals surface area contributed by atoms with Crippen molar-refractivity contribution >= 4 is 0 Å². The SMILES string of the molecule is CCOC1CCC2CC(c3cc(F)c(-c4cc(F)c(OC(F)F)c(F)c4)c(F)c3)CCC2C1. The molecule has 0 heterocycles. The Morgan fingerprint density at radius 2 is 1.42 bits per heavy atom. The second-order valence-electron chi connectivity index (χ2n) is 8.93. The highest BCUT2D eigenvalue weighted by molar-refractivity contribution is 5.66. The van der Waals surface area contributed by atoms with Crippen molar-refractivity contribution < 1.29 is 35.8 Å². The Bertz CT molecular complexity index is 949. The first-order chi connectivity index (χ1) is 15.8. The average Bonchev–Trinajstić information content (AvgIpc) is 2.75. The lowest BCUT2D eigenvalue weighted by Gasteiger charge is -2.42. The molecule has 0 saturated heterocycles. The molecule has 180 valence electrons. The number of alkyl halides is 2. The van der Waals surface area contributed by atoms with Crippen LogP contribution in [0.5, 0.6) is 5.75 Å². The maximum Gasteiger partial charge on any atom is 0.387 e. The molecule has 2 aromatic rings. The monoisotopic (exact) mass is 472 g/mol. The van der Waals surface area contributed by atoms with E-state index in [1.807, 2.05) is 6.92 Å². The van der Waals surface area contributed by atoms with E-state index in [4.69, 9.17) is 4.74 Å². The summed E-state index contributed by atoms with van der Waals surface area (Å²) in [5, 5.41) is 0. The number of benzene rings is 2. The molecule has 2 saturated carbocycles. The lowest BCUT2D eigenvalue weighted by atomic mass is 9.65. The zero-order valence-electron chi connectivity index (χ0n) is 18.2. The molecule has 0 amide bonds. The van der Waals surface area contributed by atoms with Gasteiger partial charge in [0.1, 0.15) is 11.6 Å². The van der Waals surface area contributed by atoms with Crippen molar-refractivity contribution in [3.05, 3.63) is 53.1 Å². The smallest absolute Gasteiger partial charge is 0.387 e. The highest BCUT2D eigenvalue weighted by Gasteiger charge is 2.36. The van der Waals surface area contributed by atoms with Gasteiger partial charge in [0, 0.05) is 6.61 Å². The second-order valence-corrected chi connectivity index (χ2v) is 8.93. The van der Waals surface area contributed by atoms with Gasteiger partial charge in [0.25, 0.3) is 0 Å². The minimum Gasteiger partial charge on any atom is -0.429 e. The molecule has 2 aromatic carbocycles. The van der Waals surface area contributed by atoms with Crippen LogP contribution >= 0.6 is 0 Å². The Kier molecular flexibility index (Phi) is 7.22. The van der Waals surface area contributed by atoms with Crippen LogP contribution in [0.15, 0.2) is 24.3 Å². The van der Waals surface area contributed by atoms with Gasteiger partial charge in [-0.3, -0.25) is 0 Å². The van der Waals surface area contributed by atoms with Crippen LogP contribution in [0.4, 0.5) is 26.3 Å². The molecular weight excluding hydrogens is 446 g/mol. The molecule has 0 radical (unpaired) electrons. The highest BCUT2D eigenvalue weighted by atomic mass is 19.3. The predicted octanol–water partition coefficient (Wildman–Crippen LogP) is 7.60. The average molecular weight is 472 g/mol. The van der Waals surface area contributed by atoms with E-state index in [0.29, 0.717) is 42.2 Å². The van der Waals surface area contributed by atoms with Gasteiger partial charge in [-0.15, -0.1) is 0 Å². The molecule has 2 aliphatic rings. The van der Waals surface area contributed by atoms with E-state index in [9.17, 15) is 26.3 Å². The van der Waals surface area contributed by atoms with E-state index in [-0.39, 0.29) is 5.92 Å². The lowest BCUT2D eigenvalue weighted by molar-refractivity contribution is -0.0546. The molecule has 0 N–H and O–H groups in total. The van der Waals surface area contributed by atoms with Gasteiger partial charge in [0.2, 0.25) is 0 Å². The Balaban J connectivity index is 1.54. The van der Waals surface area contributed by atoms with Gasteiger partial charge in [-0.1, -0.05) is 0 Å². The molecular formula is C25H26F6O2. The molecule has 4 atom stereocenters. The number of hydrogen-bond acceptors (Lipinski definition) is 2. The molecule has 0 spiro atoms. The van der Waals surface area contributed by atoms with Crippen LogP contribution < -0.4 is 4.74 Å². The molecule has 0 aliphatic heterocycles. The van der Waals surface area contributed by atoms with Gasteiger partial charge in [-0.05, 0) is 98.6 Å². The van der Waals surface area contributed by atoms with Crippen molar-refractivity contribution in [3.63, 3.8) is 0 Å². The number of rotatable bonds is 6. The molecule has 4 rings (SSSR count). The first kappa shape index (κ1) is 23.9. The van der Waals surface area contributed by atoms with Gasteiger partial charge < -0.3 is 9.47 Å². The zero-order valence-corrected chi connectivity index (χ0v) is 18.2. The third-order valence-corrected chi connectivity index (χ3v) is 7.00. The summed E-state index contributed by atoms with van der Waals surface area (Å²) in [6.45, 7) is -0.744. The van der Waals surface area contributed by atoms with Gasteiger partial charge >= 0.3 is 6.61 Å². The van der Waals surface area contributed by atoms with Crippen molar-refractivity contribution in [1.29, 1.82) is 0 Å². The topological polar surface area (TPSA) is 18.5 Å². The maximum absolute atomic E-state index is 14.9. The van der Waals surface area contributed by atoms with Crippen LogP contribution in [0.3, 0.4) is 0 Å². The minimum absolute atomic E-state index is 0.00299. The van der Waals surface area contributed by atoms with Gasteiger partial charge in [0.15, 0.2) is 17.4 Å². The van der Waals surface area contributed by atoms with Gasteiger partial charge in [-0.25, -0.2) is 17.6 Å². The summed E-state index contributed by atoms with van der Waals surface area (Å²) < 4.78 is 92.3. The zero-order chi connectivity index (χ0) is 23.7. The van der Waals surface area contributed by atoms with Crippen LogP contribution in [0.2, 0.25) is 0 Å². The minimum atomic E-state index is -3.43. The fourth-order valence-electron chi connectivity index (χ4n) is 5.55. The van der Waals surface area contributed by atoms with Crippen LogP contribution in [-0.2, 0) is 4.74 Å². The summed E-state index contributed by atoms with van der Waals surface area (Å²) >= 11 is 0. The maximum atomic E-state index is 14.9. The first-order valence-corrected chi connectivity index (χ1v) is 11.3. The van der Waals surface area contributed by atoms with Gasteiger partial charge in [-0.2, -0.15) is 8.78 Å². The number of halogens is 6. The summed E-state index contributed by atoms with van der Waals surface area (Å²) in [5.74, 6) is -5.08. The molecule has 2 fully saturated rings. The van der Waals surface area contributed by atoms with E-state index < -0.39 is 46.8 Å². The van der Waals surface area contributed by atoms with Crippen LogP contribution in [0.1, 0.15) is 56.9 Å². The summed E-state index contributed by atoms with van der Waals surface area (Å²) in [6.07, 6.45) is 5.94. The fourth-order valence-corrected chi connectivity index (χ4v) is 5.55. The normalized spacial score (nSPS) is 25.2. The Labute approximate surface area is 188 Å². The standard InChI is InChI=1S/C25H26F6O2/c1-2-32-18-6-5-13-7-14(3-4-15(13)8-18)16-9-19(26)23(20(27)10-16)17-11-21(28)24(22(29)12-17)33-25(30)31/h9-15,18,25H,2-8H2,1H3. The Morgan fingerprint density at radius 1 is 0.818 bits per heavy atom. The Hall–Kier alpha value is -2.22. The Morgan fingerprint density at radius 3 is 2.03 bits per heavy atom. The quantitative estimate of drug-likeness (QED) is 0.403. The van der Waals surface area contributed by atoms with E-state index >= 15 is 0 Å². The van der Waals surface area contributed by atoms with Crippen molar-refractivity contribution in [1.82, 2.24) is 0 Å². The van der Waals surface area contributed by atoms with Crippen molar-refractivity contribution in [2.45, 2.75) is 64.1 Å². The molecule has 33 heavy (non-hydrogen) atoms. The summed E-state index contributed by atoms with van der Waals surface area (Å²) in [4.78, 5) is 0. The summed E-state index contributed by atoms with van der Waals surface area (Å²) in [6, 6.07) is 3.61. The van der Waals surface area contributed by atoms with E-state index in [0.717, 1.165) is 38.5 Å². The predicted molar refractivity (Wildman–Crippen MR) is 111 cm³/mol. The molecule has 0 aromatic heterocycles. The third kappa shape index (κ3) is 5.15. The third-order valence-electron chi connectivity index (χ3n) is 7.00. The van der Waals surface area contributed by atoms with Gasteiger partial charge in [0.05, 0.1) is 11.7 Å². The van der Waals surface area contributed by atoms with Crippen molar-refractivity contribution in [2.24, 2.45) is 11.8 Å². The van der Waals surface area contributed by atoms with E-state index in [1.54, 1.807) is 0 Å². The summed E-state index contributed by atoms with van der Waals surface area (Å²) in [5.41, 5.74) is -0.505. The number of fused-ring (bicyclic) bond motifs is 1. The summed E-state index contributed by atoms with van der Waals surface area (Å²) in [7, 11) is 0. The molecule has 4 unspecified atom stereocenters. The number of ether oxygens (including phenoxy) is 2. The largest absolute Gasteiger partial charge is 0.429 e. The fraction of sp³-hybridized carbons (Fsp3) is 0.520. The number of hydrogen-bond donors (Lipinski definition) is 0. The van der Waals surface area contributed by atoms with Crippen molar-refractivity contribution in [2.75, 3.05) is 6.61 Å². The van der Waals surface area contributed by atoms with Crippen LogP contribution in [0, 0.1) is 35.1 Å². The second kappa shape index (κ2) is 9.95. The molecule has 0 bridgehead atoms. The first-order valence-electron chi connectivity index (χ1n) is 11.3. The van der Waals surface area contributed by atoms with E-state index in [2.05, 4.69) is 4.74 Å². The molecule has 2 nitrogen and oxygen atoms in total. The molecule has 2 aliphatic carbocycles. The molecule has 8 heteroatoms. The van der Waals surface area contributed by atoms with Crippen LogP contribution in [-0.4, -0.2) is 19.3 Å².